The molecule has 0 aromatic heterocycles. The molecule has 0 atom stereocenters. The van der Waals surface area contributed by atoms with Crippen LogP contribution in [0.5, 0.6) is 0 Å². The average molecular weight is 409 g/mol. The number of hydrogen-bond acceptors (Lipinski definition) is 0. The Morgan fingerprint density at radius 1 is 1.07 bits per heavy atom. The smallest absolute Gasteiger partial charge is 0 e. The maximum Gasteiger partial charge on any atom is 0 e. The molecule has 0 unspecified atom stereocenters. The summed E-state index contributed by atoms with van der Waals surface area (Å²) in [5.74, 6) is 0. The quantitative estimate of drug-likeness (QED) is 0.512. The Bertz CT molecular complexity index is 382. The van der Waals surface area contributed by atoms with E-state index in [0.29, 0.717) is 0 Å². The van der Waals surface area contributed by atoms with Crippen LogP contribution in [0.15, 0.2) is 36.4 Å². The van der Waals surface area contributed by atoms with E-state index in [1.807, 2.05) is 0 Å². The molecule has 0 fully saturated rings. The van der Waals surface area contributed by atoms with Gasteiger partial charge in [-0.05, 0) is 0 Å². The van der Waals surface area contributed by atoms with Crippen LogP contribution >= 0.6 is 24.8 Å². The summed E-state index contributed by atoms with van der Waals surface area (Å²) in [4.78, 5) is 0. The minimum atomic E-state index is 0. The van der Waals surface area contributed by atoms with Crippen LogP contribution in [0.25, 0.3) is 10.8 Å². The van der Waals surface area contributed by atoms with Crippen LogP contribution in [0, 0.1) is 0 Å². The van der Waals surface area contributed by atoms with Gasteiger partial charge in [-0.1, -0.05) is 25.8 Å². The van der Waals surface area contributed by atoms with E-state index >= 15 is 0 Å². The van der Waals surface area contributed by atoms with Crippen LogP contribution in [0.1, 0.15) is 18.9 Å². The van der Waals surface area contributed by atoms with Crippen molar-refractivity contribution < 1.29 is 25.8 Å². The van der Waals surface area contributed by atoms with Crippen molar-refractivity contribution in [1.82, 2.24) is 0 Å². The first-order chi connectivity index (χ1) is 5.92. The fourth-order valence-electron chi connectivity index (χ4n) is 1.70. The fraction of sp³-hybridized carbons (Fsp3) is 0.250. The van der Waals surface area contributed by atoms with Crippen LogP contribution in [0.2, 0.25) is 0 Å². The molecule has 0 heterocycles. The second-order valence-electron chi connectivity index (χ2n) is 3.20. The summed E-state index contributed by atoms with van der Waals surface area (Å²) in [7, 11) is 0. The molecule has 15 heavy (non-hydrogen) atoms. The molecule has 0 saturated heterocycles. The average Bonchev–Trinajstić information content (AvgIpc) is 2.50. The van der Waals surface area contributed by atoms with Crippen molar-refractivity contribution in [3.05, 3.63) is 42.0 Å². The maximum absolute atomic E-state index is 2.24. The summed E-state index contributed by atoms with van der Waals surface area (Å²) in [6.45, 7) is 2.22. The number of hydrogen-bond donors (Lipinski definition) is 0. The normalized spacial score (nSPS) is 8.60. The molecule has 2 aromatic rings. The Balaban J connectivity index is 0. The Morgan fingerprint density at radius 3 is 2.40 bits per heavy atom. The van der Waals surface area contributed by atoms with Crippen molar-refractivity contribution in [2.75, 3.05) is 0 Å². The fourth-order valence-corrected chi connectivity index (χ4v) is 1.70. The van der Waals surface area contributed by atoms with Crippen molar-refractivity contribution in [3.8, 4) is 0 Å². The third-order valence-corrected chi connectivity index (χ3v) is 2.29. The van der Waals surface area contributed by atoms with Crippen LogP contribution in [0.3, 0.4) is 0 Å². The van der Waals surface area contributed by atoms with E-state index in [1.54, 1.807) is 0 Å². The van der Waals surface area contributed by atoms with E-state index in [9.17, 15) is 0 Å². The Hall–Kier alpha value is 0.280. The van der Waals surface area contributed by atoms with Gasteiger partial charge in [-0.3, -0.25) is 0 Å². The first-order valence-corrected chi connectivity index (χ1v) is 4.55. The molecule has 3 heteroatoms. The molecule has 0 N–H and O–H groups in total. The van der Waals surface area contributed by atoms with Crippen molar-refractivity contribution in [2.24, 2.45) is 0 Å². The van der Waals surface area contributed by atoms with E-state index in [0.717, 1.165) is 0 Å². The van der Waals surface area contributed by atoms with Gasteiger partial charge in [0, 0.05) is 25.8 Å². The van der Waals surface area contributed by atoms with Gasteiger partial charge in [-0.25, -0.2) is 0 Å². The van der Waals surface area contributed by atoms with Crippen molar-refractivity contribution >= 4 is 35.6 Å². The summed E-state index contributed by atoms with van der Waals surface area (Å²) in [6.07, 6.45) is 2.43. The summed E-state index contributed by atoms with van der Waals surface area (Å²) in [5, 5.41) is 2.81. The van der Waals surface area contributed by atoms with Gasteiger partial charge in [0.1, 0.15) is 0 Å². The van der Waals surface area contributed by atoms with Gasteiger partial charge in [0.15, 0.2) is 0 Å². The SMILES string of the molecule is CCC[c-]1ccc2ccccc21.Cl.Cl.[Hf]. The predicted octanol–water partition coefficient (Wildman–Crippen LogP) is 4.35. The zero-order chi connectivity index (χ0) is 8.39. The third kappa shape index (κ3) is 3.97. The molecule has 82 valence electrons. The molecule has 2 rings (SSSR count). The zero-order valence-electron chi connectivity index (χ0n) is 8.69. The van der Waals surface area contributed by atoms with E-state index in [4.69, 9.17) is 0 Å². The zero-order valence-corrected chi connectivity index (χ0v) is 13.9. The molecule has 0 bridgehead atoms. The Labute approximate surface area is 122 Å². The van der Waals surface area contributed by atoms with Crippen molar-refractivity contribution in [2.45, 2.75) is 19.8 Å². The van der Waals surface area contributed by atoms with Gasteiger partial charge in [-0.15, -0.1) is 65.4 Å². The minimum Gasteiger partial charge on any atom is -0.168 e. The first kappa shape index (κ1) is 17.7. The molecule has 0 nitrogen and oxygen atoms in total. The Kier molecular flexibility index (Phi) is 9.93. The van der Waals surface area contributed by atoms with Crippen LogP contribution < -0.4 is 0 Å². The summed E-state index contributed by atoms with van der Waals surface area (Å²) >= 11 is 0. The summed E-state index contributed by atoms with van der Waals surface area (Å²) < 4.78 is 0. The van der Waals surface area contributed by atoms with E-state index < -0.39 is 0 Å². The standard InChI is InChI=1S/C12H13.2ClH.Hf/c1-2-5-10-8-9-11-6-3-4-7-12(10)11;;;/h3-4,6-9H,2,5H2,1H3;2*1H;/q-1;;;. The minimum absolute atomic E-state index is 0. The number of rotatable bonds is 2. The van der Waals surface area contributed by atoms with Crippen LogP contribution in [-0.4, -0.2) is 0 Å². The molecule has 0 aliphatic heterocycles. The molecule has 0 spiro atoms. The molecular formula is C12H15Cl2Hf-. The first-order valence-electron chi connectivity index (χ1n) is 4.55. The molecule has 0 radical (unpaired) electrons. The van der Waals surface area contributed by atoms with Crippen molar-refractivity contribution in [3.63, 3.8) is 0 Å². The molecule has 0 saturated carbocycles. The monoisotopic (exact) mass is 409 g/mol. The maximum atomic E-state index is 2.24. The largest absolute Gasteiger partial charge is 0.168 e. The summed E-state index contributed by atoms with van der Waals surface area (Å²) in [5.41, 5.74) is 1.49. The second kappa shape index (κ2) is 8.43. The van der Waals surface area contributed by atoms with E-state index in [2.05, 4.69) is 43.3 Å². The number of fused-ring (bicyclic) bond motifs is 1. The molecule has 0 aliphatic carbocycles. The van der Waals surface area contributed by atoms with Gasteiger partial charge in [0.25, 0.3) is 0 Å². The van der Waals surface area contributed by atoms with Gasteiger partial charge >= 0.3 is 0 Å². The van der Waals surface area contributed by atoms with Crippen LogP contribution in [0.4, 0.5) is 0 Å². The molecule has 0 aliphatic rings. The van der Waals surface area contributed by atoms with Crippen molar-refractivity contribution in [1.29, 1.82) is 0 Å². The predicted molar refractivity (Wildman–Crippen MR) is 68.0 cm³/mol. The summed E-state index contributed by atoms with van der Waals surface area (Å²) in [6, 6.07) is 13.0. The number of aryl methyl sites for hydroxylation is 1. The van der Waals surface area contributed by atoms with Gasteiger partial charge in [0.05, 0.1) is 0 Å². The number of halogens is 2. The molecular weight excluding hydrogens is 394 g/mol. The van der Waals surface area contributed by atoms with Crippen LogP contribution in [-0.2, 0) is 32.3 Å². The van der Waals surface area contributed by atoms with E-state index in [-0.39, 0.29) is 50.7 Å². The third-order valence-electron chi connectivity index (χ3n) is 2.29. The molecule has 0 amide bonds. The van der Waals surface area contributed by atoms with E-state index in [1.165, 1.54) is 29.2 Å². The van der Waals surface area contributed by atoms with Gasteiger partial charge < -0.3 is 0 Å². The molecule has 2 aromatic carbocycles. The van der Waals surface area contributed by atoms with Gasteiger partial charge in [-0.2, -0.15) is 6.07 Å². The Morgan fingerprint density at radius 2 is 1.73 bits per heavy atom. The van der Waals surface area contributed by atoms with Gasteiger partial charge in [0.2, 0.25) is 0 Å². The number of benzene rings is 1. The topological polar surface area (TPSA) is 0 Å². The second-order valence-corrected chi connectivity index (χ2v) is 3.20.